The Morgan fingerprint density at radius 1 is 0.941 bits per heavy atom. The first kappa shape index (κ1) is 25.1. The molecule has 3 rings (SSSR count). The minimum absolute atomic E-state index is 0.0199. The minimum atomic E-state index is -3.76. The Labute approximate surface area is 197 Å². The predicted molar refractivity (Wildman–Crippen MR) is 125 cm³/mol. The van der Waals surface area contributed by atoms with Crippen molar-refractivity contribution in [1.82, 2.24) is 4.72 Å². The molecular weight excluding hydrogens is 458 g/mol. The third-order valence-corrected chi connectivity index (χ3v) is 6.73. The molecular formula is C25H25NO7S. The molecule has 2 aromatic carbocycles. The standard InChI is InChI=1S/C25H25NO7S/c1-25(2,3)26-34(31,32)19-12-10-17(11-13-19)21(27)15-20(23(28)22-5-4-14-33-22)16-6-8-18(9-7-16)24(29)30/h4-14,20,26H,15H2,1-3H3,(H,29,30). The zero-order valence-electron chi connectivity index (χ0n) is 18.9. The normalized spacial score (nSPS) is 12.8. The van der Waals surface area contributed by atoms with E-state index >= 15 is 0 Å². The summed E-state index contributed by atoms with van der Waals surface area (Å²) in [5, 5.41) is 9.13. The summed E-state index contributed by atoms with van der Waals surface area (Å²) in [5.74, 6) is -2.73. The number of Topliss-reactive ketones (excluding diaryl/α,β-unsaturated/α-hetero) is 2. The van der Waals surface area contributed by atoms with Crippen LogP contribution in [-0.4, -0.2) is 36.6 Å². The number of nitrogens with one attached hydrogen (secondary N) is 1. The van der Waals surface area contributed by atoms with Gasteiger partial charge in [0.1, 0.15) is 0 Å². The number of aromatic carboxylic acids is 1. The minimum Gasteiger partial charge on any atom is -0.478 e. The number of carboxylic acids is 1. The molecule has 2 N–H and O–H groups in total. The van der Waals surface area contributed by atoms with Crippen LogP contribution in [0.15, 0.2) is 76.2 Å². The van der Waals surface area contributed by atoms with Crippen molar-refractivity contribution >= 4 is 27.6 Å². The van der Waals surface area contributed by atoms with Crippen LogP contribution in [0.3, 0.4) is 0 Å². The van der Waals surface area contributed by atoms with Crippen molar-refractivity contribution in [3.63, 3.8) is 0 Å². The van der Waals surface area contributed by atoms with E-state index in [1.54, 1.807) is 26.8 Å². The van der Waals surface area contributed by atoms with Crippen molar-refractivity contribution in [1.29, 1.82) is 0 Å². The maximum atomic E-state index is 13.1. The van der Waals surface area contributed by atoms with Crippen LogP contribution in [0.25, 0.3) is 0 Å². The van der Waals surface area contributed by atoms with E-state index in [-0.39, 0.29) is 34.0 Å². The number of carbonyl (C=O) groups is 3. The summed E-state index contributed by atoms with van der Waals surface area (Å²) in [6.07, 6.45) is 1.14. The number of carboxylic acid groups (broad SMARTS) is 1. The third kappa shape index (κ3) is 6.06. The fourth-order valence-corrected chi connectivity index (χ4v) is 4.81. The molecule has 0 aliphatic rings. The number of ketones is 2. The van der Waals surface area contributed by atoms with Crippen molar-refractivity contribution in [2.24, 2.45) is 0 Å². The van der Waals surface area contributed by atoms with Gasteiger partial charge in [0.05, 0.1) is 22.6 Å². The number of hydrogen-bond acceptors (Lipinski definition) is 6. The topological polar surface area (TPSA) is 131 Å². The molecule has 0 saturated carbocycles. The van der Waals surface area contributed by atoms with E-state index in [1.807, 2.05) is 0 Å². The highest BCUT2D eigenvalue weighted by atomic mass is 32.2. The maximum absolute atomic E-state index is 13.1. The Balaban J connectivity index is 1.87. The number of carbonyl (C=O) groups excluding carboxylic acids is 2. The SMILES string of the molecule is CC(C)(C)NS(=O)(=O)c1ccc(C(=O)CC(C(=O)c2ccco2)c2ccc(C(=O)O)cc2)cc1. The van der Waals surface area contributed by atoms with Crippen LogP contribution in [0.2, 0.25) is 0 Å². The highest BCUT2D eigenvalue weighted by Gasteiger charge is 2.28. The fraction of sp³-hybridized carbons (Fsp3) is 0.240. The Morgan fingerprint density at radius 3 is 2.03 bits per heavy atom. The molecule has 9 heteroatoms. The Hall–Kier alpha value is -3.56. The van der Waals surface area contributed by atoms with Crippen molar-refractivity contribution in [2.75, 3.05) is 0 Å². The molecule has 0 spiro atoms. The average molecular weight is 484 g/mol. The zero-order valence-corrected chi connectivity index (χ0v) is 19.8. The van der Waals surface area contributed by atoms with Crippen molar-refractivity contribution in [2.45, 2.75) is 43.5 Å². The van der Waals surface area contributed by atoms with Gasteiger partial charge in [0.25, 0.3) is 0 Å². The lowest BCUT2D eigenvalue weighted by atomic mass is 9.87. The van der Waals surface area contributed by atoms with E-state index in [4.69, 9.17) is 9.52 Å². The maximum Gasteiger partial charge on any atom is 0.335 e. The monoisotopic (exact) mass is 483 g/mol. The molecule has 1 atom stereocenters. The van der Waals surface area contributed by atoms with E-state index in [1.165, 1.54) is 60.9 Å². The molecule has 8 nitrogen and oxygen atoms in total. The van der Waals surface area contributed by atoms with Gasteiger partial charge >= 0.3 is 5.97 Å². The van der Waals surface area contributed by atoms with Gasteiger partial charge in [0.2, 0.25) is 15.8 Å². The predicted octanol–water partition coefficient (Wildman–Crippen LogP) is 4.29. The lowest BCUT2D eigenvalue weighted by Crippen LogP contribution is -2.40. The van der Waals surface area contributed by atoms with Crippen LogP contribution in [0.1, 0.15) is 69.9 Å². The lowest BCUT2D eigenvalue weighted by Gasteiger charge is -2.20. The largest absolute Gasteiger partial charge is 0.478 e. The van der Waals surface area contributed by atoms with Crippen LogP contribution >= 0.6 is 0 Å². The molecule has 0 bridgehead atoms. The first-order valence-corrected chi connectivity index (χ1v) is 11.9. The highest BCUT2D eigenvalue weighted by Crippen LogP contribution is 2.27. The first-order valence-electron chi connectivity index (χ1n) is 10.5. The summed E-state index contributed by atoms with van der Waals surface area (Å²) >= 11 is 0. The quantitative estimate of drug-likeness (QED) is 0.434. The highest BCUT2D eigenvalue weighted by molar-refractivity contribution is 7.89. The first-order chi connectivity index (χ1) is 15.9. The summed E-state index contributed by atoms with van der Waals surface area (Å²) in [4.78, 5) is 37.3. The molecule has 0 aliphatic heterocycles. The third-order valence-electron chi connectivity index (χ3n) is 4.96. The molecule has 1 unspecified atom stereocenters. The van der Waals surface area contributed by atoms with E-state index in [0.717, 1.165) is 0 Å². The van der Waals surface area contributed by atoms with E-state index in [2.05, 4.69) is 4.72 Å². The van der Waals surface area contributed by atoms with Crippen molar-refractivity contribution in [3.05, 3.63) is 89.4 Å². The molecule has 1 heterocycles. The summed E-state index contributed by atoms with van der Waals surface area (Å²) in [6.45, 7) is 5.17. The number of furan rings is 1. The lowest BCUT2D eigenvalue weighted by molar-refractivity contribution is 0.0696. The van der Waals surface area contributed by atoms with Crippen LogP contribution in [0, 0.1) is 0 Å². The van der Waals surface area contributed by atoms with Gasteiger partial charge in [-0.3, -0.25) is 9.59 Å². The van der Waals surface area contributed by atoms with Gasteiger partial charge in [0, 0.05) is 17.5 Å². The molecule has 34 heavy (non-hydrogen) atoms. The molecule has 0 aliphatic carbocycles. The number of benzene rings is 2. The van der Waals surface area contributed by atoms with E-state index in [9.17, 15) is 22.8 Å². The van der Waals surface area contributed by atoms with Gasteiger partial charge in [-0.25, -0.2) is 17.9 Å². The molecule has 3 aromatic rings. The molecule has 0 radical (unpaired) electrons. The second-order valence-electron chi connectivity index (χ2n) is 8.83. The summed E-state index contributed by atoms with van der Waals surface area (Å²) in [6, 6.07) is 14.3. The summed E-state index contributed by atoms with van der Waals surface area (Å²) in [5.41, 5.74) is 0.102. The second-order valence-corrected chi connectivity index (χ2v) is 10.5. The van der Waals surface area contributed by atoms with Gasteiger partial charge in [-0.15, -0.1) is 0 Å². The summed E-state index contributed by atoms with van der Waals surface area (Å²) < 4.78 is 32.7. The zero-order chi connectivity index (χ0) is 25.1. The number of hydrogen-bond donors (Lipinski definition) is 2. The molecule has 0 saturated heterocycles. The van der Waals surface area contributed by atoms with Gasteiger partial charge in [-0.1, -0.05) is 24.3 Å². The Kier molecular flexibility index (Phi) is 7.18. The van der Waals surface area contributed by atoms with Crippen LogP contribution in [-0.2, 0) is 10.0 Å². The van der Waals surface area contributed by atoms with Gasteiger partial charge < -0.3 is 9.52 Å². The van der Waals surface area contributed by atoms with Crippen LogP contribution in [0.4, 0.5) is 0 Å². The van der Waals surface area contributed by atoms with Gasteiger partial charge in [0.15, 0.2) is 11.5 Å². The molecule has 0 amide bonds. The fourth-order valence-electron chi connectivity index (χ4n) is 3.40. The smallest absolute Gasteiger partial charge is 0.335 e. The molecule has 178 valence electrons. The van der Waals surface area contributed by atoms with Crippen LogP contribution < -0.4 is 4.72 Å². The van der Waals surface area contributed by atoms with Crippen molar-refractivity contribution < 1.29 is 32.3 Å². The number of sulfonamides is 1. The van der Waals surface area contributed by atoms with Crippen molar-refractivity contribution in [3.8, 4) is 0 Å². The Morgan fingerprint density at radius 2 is 1.53 bits per heavy atom. The van der Waals surface area contributed by atoms with E-state index < -0.39 is 33.2 Å². The average Bonchev–Trinajstić information content (AvgIpc) is 3.30. The molecule has 1 aromatic heterocycles. The molecule has 0 fully saturated rings. The van der Waals surface area contributed by atoms with Gasteiger partial charge in [-0.2, -0.15) is 0 Å². The van der Waals surface area contributed by atoms with E-state index in [0.29, 0.717) is 5.56 Å². The van der Waals surface area contributed by atoms with Gasteiger partial charge in [-0.05, 0) is 62.7 Å². The summed E-state index contributed by atoms with van der Waals surface area (Å²) in [7, 11) is -3.76. The number of rotatable bonds is 9. The van der Waals surface area contributed by atoms with Crippen LogP contribution in [0.5, 0.6) is 0 Å². The second kappa shape index (κ2) is 9.74. The Bertz CT molecular complexity index is 1280.